The van der Waals surface area contributed by atoms with Crippen LogP contribution in [-0.2, 0) is 52.9 Å². The molecule has 2 aliphatic rings. The maximum atomic E-state index is 13.5. The van der Waals surface area contributed by atoms with Crippen molar-refractivity contribution in [2.24, 2.45) is 11.7 Å². The van der Waals surface area contributed by atoms with Crippen molar-refractivity contribution >= 4 is 35.4 Å². The molecule has 1 aromatic heterocycles. The van der Waals surface area contributed by atoms with Crippen LogP contribution >= 0.6 is 0 Å². The van der Waals surface area contributed by atoms with E-state index in [1.54, 1.807) is 41.3 Å². The molecular formula is C35H47N7O8. The minimum Gasteiger partial charge on any atom is -0.469 e. The maximum Gasteiger partial charge on any atom is 0.246 e. The molecule has 0 radical (unpaired) electrons. The normalized spacial score (nSPS) is 22.3. The quantitative estimate of drug-likeness (QED) is 0.195. The Balaban J connectivity index is 1.53. The second-order valence-electron chi connectivity index (χ2n) is 12.3. The lowest BCUT2D eigenvalue weighted by molar-refractivity contribution is -0.131. The number of amides is 6. The first-order valence-corrected chi connectivity index (χ1v) is 17.0. The average Bonchev–Trinajstić information content (AvgIpc) is 3.62. The van der Waals surface area contributed by atoms with E-state index >= 15 is 0 Å². The van der Waals surface area contributed by atoms with E-state index in [1.165, 1.54) is 12.3 Å². The topological polar surface area (TPSA) is 214 Å². The molecule has 4 rings (SSSR count). The van der Waals surface area contributed by atoms with Crippen LogP contribution in [0.15, 0.2) is 59.2 Å². The zero-order chi connectivity index (χ0) is 35.7. The number of piperidine rings is 1. The Morgan fingerprint density at radius 1 is 0.960 bits per heavy atom. The highest BCUT2D eigenvalue weighted by Crippen LogP contribution is 2.20. The third kappa shape index (κ3) is 12.5. The van der Waals surface area contributed by atoms with Gasteiger partial charge in [0.15, 0.2) is 0 Å². The van der Waals surface area contributed by atoms with Crippen molar-refractivity contribution in [1.82, 2.24) is 31.5 Å². The largest absolute Gasteiger partial charge is 0.469 e. The Kier molecular flexibility index (Phi) is 15.0. The van der Waals surface area contributed by atoms with E-state index in [-0.39, 0.29) is 69.7 Å². The smallest absolute Gasteiger partial charge is 0.246 e. The fourth-order valence-electron chi connectivity index (χ4n) is 5.89. The summed E-state index contributed by atoms with van der Waals surface area (Å²) in [5.74, 6) is -2.15. The van der Waals surface area contributed by atoms with Crippen LogP contribution in [0.2, 0.25) is 0 Å². The van der Waals surface area contributed by atoms with E-state index in [0.717, 1.165) is 12.5 Å². The highest BCUT2D eigenvalue weighted by molar-refractivity contribution is 5.97. The third-order valence-electron chi connectivity index (χ3n) is 8.43. The molecular weight excluding hydrogens is 646 g/mol. The molecule has 0 unspecified atom stereocenters. The number of nitrogens with one attached hydrogen (secondary N) is 5. The molecule has 0 aliphatic carbocycles. The predicted octanol–water partition coefficient (Wildman–Crippen LogP) is -0.553. The second-order valence-corrected chi connectivity index (χ2v) is 12.3. The Morgan fingerprint density at radius 2 is 1.78 bits per heavy atom. The van der Waals surface area contributed by atoms with Crippen LogP contribution in [0.3, 0.4) is 0 Å². The van der Waals surface area contributed by atoms with Gasteiger partial charge in [-0.2, -0.15) is 0 Å². The second kappa shape index (κ2) is 19.8. The van der Waals surface area contributed by atoms with Crippen molar-refractivity contribution in [2.75, 3.05) is 45.9 Å². The summed E-state index contributed by atoms with van der Waals surface area (Å²) in [6.45, 7) is 2.07. The molecule has 1 saturated heterocycles. The highest BCUT2D eigenvalue weighted by atomic mass is 16.5. The Morgan fingerprint density at radius 3 is 2.56 bits per heavy atom. The number of carbonyl (C=O) groups excluding carboxylic acids is 6. The molecule has 7 N–H and O–H groups in total. The molecule has 1 aromatic carbocycles. The SMILES string of the molecule is NCCOCCNC(=O)[C@@H]1CCNC(=O)/C=C/C(=O)N2CCC[C@H](CC(=O)N[C@H](Cc3ccco3)C(=O)NCc3ccccc3CC(=O)N1)C2. The molecule has 50 heavy (non-hydrogen) atoms. The Hall–Kier alpha value is -5.02. The zero-order valence-electron chi connectivity index (χ0n) is 28.1. The number of carbonyl (C=O) groups is 6. The number of fused-ring (bicyclic) bond motifs is 3. The van der Waals surface area contributed by atoms with E-state index in [2.05, 4.69) is 26.6 Å². The molecule has 0 saturated carbocycles. The minimum atomic E-state index is -0.979. The van der Waals surface area contributed by atoms with E-state index in [1.807, 2.05) is 0 Å². The molecule has 2 aliphatic heterocycles. The summed E-state index contributed by atoms with van der Waals surface area (Å²) < 4.78 is 10.8. The average molecular weight is 694 g/mol. The first-order chi connectivity index (χ1) is 24.2. The summed E-state index contributed by atoms with van der Waals surface area (Å²) in [5, 5.41) is 13.9. The molecule has 2 aromatic rings. The van der Waals surface area contributed by atoms with E-state index < -0.39 is 35.7 Å². The summed E-state index contributed by atoms with van der Waals surface area (Å²) in [6.07, 6.45) is 5.46. The molecule has 1 fully saturated rings. The van der Waals surface area contributed by atoms with Gasteiger partial charge in [0.05, 0.1) is 25.9 Å². The van der Waals surface area contributed by atoms with Crippen LogP contribution in [0, 0.1) is 5.92 Å². The number of benzene rings is 1. The van der Waals surface area contributed by atoms with Crippen LogP contribution in [0.4, 0.5) is 0 Å². The Labute approximate surface area is 291 Å². The number of rotatable bonds is 8. The fourth-order valence-corrected chi connectivity index (χ4v) is 5.89. The van der Waals surface area contributed by atoms with E-state index in [4.69, 9.17) is 14.9 Å². The molecule has 3 atom stereocenters. The summed E-state index contributed by atoms with van der Waals surface area (Å²) >= 11 is 0. The number of hydrogen-bond donors (Lipinski definition) is 6. The van der Waals surface area contributed by atoms with Gasteiger partial charge in [-0.1, -0.05) is 24.3 Å². The van der Waals surface area contributed by atoms with E-state index in [0.29, 0.717) is 49.5 Å². The maximum absolute atomic E-state index is 13.5. The van der Waals surface area contributed by atoms with Gasteiger partial charge in [0.25, 0.3) is 0 Å². The first kappa shape index (κ1) is 37.8. The lowest BCUT2D eigenvalue weighted by atomic mass is 9.94. The summed E-state index contributed by atoms with van der Waals surface area (Å²) in [6, 6.07) is 8.61. The van der Waals surface area contributed by atoms with Crippen LogP contribution in [0.25, 0.3) is 0 Å². The summed E-state index contributed by atoms with van der Waals surface area (Å²) in [4.78, 5) is 80.1. The van der Waals surface area contributed by atoms with Crippen molar-refractivity contribution < 1.29 is 37.9 Å². The summed E-state index contributed by atoms with van der Waals surface area (Å²) in [5.41, 5.74) is 6.75. The summed E-state index contributed by atoms with van der Waals surface area (Å²) in [7, 11) is 0. The number of nitrogens with two attached hydrogens (primary N) is 1. The number of furan rings is 1. The van der Waals surface area contributed by atoms with Gasteiger partial charge in [-0.15, -0.1) is 0 Å². The highest BCUT2D eigenvalue weighted by Gasteiger charge is 2.28. The molecule has 2 bridgehead atoms. The van der Waals surface area contributed by atoms with E-state index in [9.17, 15) is 28.8 Å². The number of nitrogens with zero attached hydrogens (tertiary/aromatic N) is 1. The van der Waals surface area contributed by atoms with Crippen LogP contribution in [0.5, 0.6) is 0 Å². The molecule has 15 nitrogen and oxygen atoms in total. The first-order valence-electron chi connectivity index (χ1n) is 17.0. The predicted molar refractivity (Wildman–Crippen MR) is 182 cm³/mol. The van der Waals surface area contributed by atoms with Gasteiger partial charge in [-0.25, -0.2) is 0 Å². The molecule has 15 heteroatoms. The molecule has 3 heterocycles. The lowest BCUT2D eigenvalue weighted by Crippen LogP contribution is -2.49. The van der Waals surface area contributed by atoms with Crippen molar-refractivity contribution in [1.29, 1.82) is 0 Å². The van der Waals surface area contributed by atoms with Crippen molar-refractivity contribution in [3.8, 4) is 0 Å². The monoisotopic (exact) mass is 693 g/mol. The van der Waals surface area contributed by atoms with Gasteiger partial charge in [0.2, 0.25) is 35.4 Å². The van der Waals surface area contributed by atoms with Crippen molar-refractivity contribution in [3.05, 3.63) is 71.7 Å². The molecule has 0 spiro atoms. The number of ether oxygens (including phenoxy) is 1. The third-order valence-corrected chi connectivity index (χ3v) is 8.43. The van der Waals surface area contributed by atoms with Gasteiger partial charge < -0.3 is 46.4 Å². The zero-order valence-corrected chi connectivity index (χ0v) is 28.1. The van der Waals surface area contributed by atoms with Crippen LogP contribution in [0.1, 0.15) is 42.6 Å². The number of hydrogen-bond acceptors (Lipinski definition) is 9. The molecule has 6 amide bonds. The van der Waals surface area contributed by atoms with Crippen molar-refractivity contribution in [2.45, 2.75) is 57.2 Å². The van der Waals surface area contributed by atoms with Crippen LogP contribution in [-0.4, -0.2) is 98.4 Å². The van der Waals surface area contributed by atoms with Gasteiger partial charge in [-0.05, 0) is 48.4 Å². The van der Waals surface area contributed by atoms with Gasteiger partial charge in [0.1, 0.15) is 17.8 Å². The standard InChI is InChI=1S/C35H47N7O8/c36-12-17-49-18-14-38-34(47)28-11-13-37-30(43)9-10-33(46)42-15-3-5-24(23-42)19-31(44)41-29(21-27-8-4-16-50-27)35(48)39-22-26-7-2-1-6-25(26)20-32(45)40-28/h1-2,4,6-10,16,24,28-29H,3,5,11-15,17-23,36H2,(H,37,43)(H,38,47)(H,39,48)(H,40,45)(H,41,44)/b10-9+/t24-,28+,29-/m1/s1. The fraction of sp³-hybridized carbons (Fsp3) is 0.486. The minimum absolute atomic E-state index is 0.0437. The Bertz CT molecular complexity index is 1500. The van der Waals surface area contributed by atoms with Crippen LogP contribution < -0.4 is 32.3 Å². The van der Waals surface area contributed by atoms with Gasteiger partial charge >= 0.3 is 0 Å². The van der Waals surface area contributed by atoms with Gasteiger partial charge in [0, 0.05) is 64.3 Å². The molecule has 270 valence electrons. The van der Waals surface area contributed by atoms with Crippen molar-refractivity contribution in [3.63, 3.8) is 0 Å². The lowest BCUT2D eigenvalue weighted by Gasteiger charge is -2.32. The van der Waals surface area contributed by atoms with Gasteiger partial charge in [-0.3, -0.25) is 28.8 Å².